The van der Waals surface area contributed by atoms with Gasteiger partial charge in [-0.25, -0.2) is 8.78 Å². The van der Waals surface area contributed by atoms with Crippen molar-refractivity contribution in [1.82, 2.24) is 4.90 Å². The number of amides is 3. The number of anilines is 1. The first-order valence-corrected chi connectivity index (χ1v) is 10.6. The smallest absolute Gasteiger partial charge is 0.294 e. The van der Waals surface area contributed by atoms with Crippen molar-refractivity contribution in [3.05, 3.63) is 79.0 Å². The van der Waals surface area contributed by atoms with Gasteiger partial charge >= 0.3 is 0 Å². The van der Waals surface area contributed by atoms with E-state index in [1.165, 1.54) is 12.1 Å². The van der Waals surface area contributed by atoms with E-state index in [1.807, 2.05) is 0 Å². The molecule has 0 radical (unpaired) electrons. The number of carbonyl (C=O) groups is 3. The molecule has 0 aliphatic carbocycles. The van der Waals surface area contributed by atoms with Gasteiger partial charge in [-0.3, -0.25) is 24.1 Å². The average Bonchev–Trinajstić information content (AvgIpc) is 3.00. The highest BCUT2D eigenvalue weighted by molar-refractivity contribution is 8.18. The van der Waals surface area contributed by atoms with Crippen molar-refractivity contribution in [2.75, 3.05) is 11.9 Å². The van der Waals surface area contributed by atoms with Gasteiger partial charge in [0.15, 0.2) is 11.0 Å². The zero-order valence-corrected chi connectivity index (χ0v) is 18.5. The van der Waals surface area contributed by atoms with E-state index in [0.29, 0.717) is 22.7 Å². The van der Waals surface area contributed by atoms with Gasteiger partial charge in [0.1, 0.15) is 24.4 Å². The Morgan fingerprint density at radius 2 is 1.91 bits per heavy atom. The van der Waals surface area contributed by atoms with Crippen LogP contribution in [0, 0.1) is 11.6 Å². The molecule has 0 atom stereocenters. The summed E-state index contributed by atoms with van der Waals surface area (Å²) in [6.45, 7) is -0.712. The van der Waals surface area contributed by atoms with Gasteiger partial charge in [0.25, 0.3) is 11.1 Å². The first-order chi connectivity index (χ1) is 15.6. The summed E-state index contributed by atoms with van der Waals surface area (Å²) in [7, 11) is 0. The number of halogens is 4. The quantitative estimate of drug-likeness (QED) is 0.493. The second-order valence-electron chi connectivity index (χ2n) is 6.72. The van der Waals surface area contributed by atoms with Gasteiger partial charge in [-0.1, -0.05) is 23.2 Å². The first kappa shape index (κ1) is 23.0. The van der Waals surface area contributed by atoms with Gasteiger partial charge in [-0.05, 0) is 42.1 Å². The largest absolute Gasteiger partial charge is 0.462 e. The Labute approximate surface area is 197 Å². The van der Waals surface area contributed by atoms with Crippen molar-refractivity contribution >= 4 is 74.7 Å². The molecule has 0 spiro atoms. The average molecular weight is 511 g/mol. The summed E-state index contributed by atoms with van der Waals surface area (Å²) >= 11 is 12.5. The minimum absolute atomic E-state index is 0.0378. The highest BCUT2D eigenvalue weighted by Gasteiger charge is 2.36. The van der Waals surface area contributed by atoms with E-state index < -0.39 is 40.7 Å². The number of nitrogens with one attached hydrogen (secondary N) is 1. The van der Waals surface area contributed by atoms with Crippen LogP contribution in [0.15, 0.2) is 50.7 Å². The molecule has 1 aliphatic rings. The standard InChI is InChI=1S/C21H10Cl2F2N2O5S/c22-10-4-12-18(29)9(8-32-19(12)13(23)5-10)3-16-20(30)27(21(31)33-16)7-17(28)26-15-2-1-11(24)6-14(15)25/h1-6,8H,7H2,(H,26,28)/b16-3-. The number of benzene rings is 2. The van der Waals surface area contributed by atoms with Crippen LogP contribution in [0.2, 0.25) is 10.0 Å². The molecule has 1 N–H and O–H groups in total. The molecule has 7 nitrogen and oxygen atoms in total. The lowest BCUT2D eigenvalue weighted by Gasteiger charge is -2.12. The highest BCUT2D eigenvalue weighted by Crippen LogP contribution is 2.32. The third-order valence-corrected chi connectivity index (χ3v) is 5.89. The summed E-state index contributed by atoms with van der Waals surface area (Å²) in [6.07, 6.45) is 2.24. The molecule has 168 valence electrons. The molecule has 4 rings (SSSR count). The van der Waals surface area contributed by atoms with Crippen molar-refractivity contribution in [2.45, 2.75) is 0 Å². The van der Waals surface area contributed by atoms with Gasteiger partial charge in [-0.2, -0.15) is 0 Å². The molecule has 3 amide bonds. The number of carbonyl (C=O) groups excluding carboxylic acids is 3. The van der Waals surface area contributed by atoms with E-state index in [2.05, 4.69) is 5.32 Å². The normalized spacial score (nSPS) is 15.0. The molecule has 2 heterocycles. The zero-order valence-electron chi connectivity index (χ0n) is 16.2. The summed E-state index contributed by atoms with van der Waals surface area (Å²) in [5, 5.41) is 1.82. The second-order valence-corrected chi connectivity index (χ2v) is 8.56. The summed E-state index contributed by atoms with van der Waals surface area (Å²) in [5.74, 6) is -3.55. The van der Waals surface area contributed by atoms with Crippen LogP contribution in [0.1, 0.15) is 5.56 Å². The summed E-state index contributed by atoms with van der Waals surface area (Å²) in [6, 6.07) is 5.29. The van der Waals surface area contributed by atoms with Crippen LogP contribution in [0.4, 0.5) is 19.3 Å². The van der Waals surface area contributed by atoms with E-state index >= 15 is 0 Å². The van der Waals surface area contributed by atoms with Crippen LogP contribution in [0.3, 0.4) is 0 Å². The topological polar surface area (TPSA) is 96.7 Å². The molecule has 1 fully saturated rings. The van der Waals surface area contributed by atoms with Gasteiger partial charge in [0.05, 0.1) is 26.6 Å². The van der Waals surface area contributed by atoms with Crippen LogP contribution in [0.5, 0.6) is 0 Å². The van der Waals surface area contributed by atoms with Crippen LogP contribution in [0.25, 0.3) is 17.0 Å². The molecule has 1 aliphatic heterocycles. The minimum atomic E-state index is -1.01. The van der Waals surface area contributed by atoms with E-state index in [9.17, 15) is 28.0 Å². The van der Waals surface area contributed by atoms with Crippen molar-refractivity contribution in [2.24, 2.45) is 0 Å². The molecular weight excluding hydrogens is 501 g/mol. The zero-order chi connectivity index (χ0) is 23.9. The SMILES string of the molecule is O=C(CN1C(=O)S/C(=C\c2coc3c(Cl)cc(Cl)cc3c2=O)C1=O)Nc1ccc(F)cc1F. The van der Waals surface area contributed by atoms with E-state index in [-0.39, 0.29) is 37.2 Å². The Hall–Kier alpha value is -3.21. The van der Waals surface area contributed by atoms with Crippen molar-refractivity contribution < 1.29 is 27.6 Å². The number of rotatable bonds is 4. The van der Waals surface area contributed by atoms with Crippen LogP contribution < -0.4 is 10.7 Å². The molecule has 1 saturated heterocycles. The number of thioether (sulfide) groups is 1. The van der Waals surface area contributed by atoms with Crippen LogP contribution >= 0.6 is 35.0 Å². The highest BCUT2D eigenvalue weighted by atomic mass is 35.5. The first-order valence-electron chi connectivity index (χ1n) is 9.05. The summed E-state index contributed by atoms with van der Waals surface area (Å²) in [5.41, 5.74) is -0.767. The minimum Gasteiger partial charge on any atom is -0.462 e. The molecule has 1 aromatic heterocycles. The van der Waals surface area contributed by atoms with Gasteiger partial charge < -0.3 is 9.73 Å². The van der Waals surface area contributed by atoms with E-state index in [0.717, 1.165) is 24.5 Å². The molecule has 0 saturated carbocycles. The van der Waals surface area contributed by atoms with E-state index in [1.54, 1.807) is 0 Å². The predicted octanol–water partition coefficient (Wildman–Crippen LogP) is 5.05. The lowest BCUT2D eigenvalue weighted by atomic mass is 10.1. The molecular formula is C21H10Cl2F2N2O5S. The number of imide groups is 1. The molecule has 0 bridgehead atoms. The van der Waals surface area contributed by atoms with Crippen molar-refractivity contribution in [3.8, 4) is 0 Å². The lowest BCUT2D eigenvalue weighted by molar-refractivity contribution is -0.127. The summed E-state index contributed by atoms with van der Waals surface area (Å²) in [4.78, 5) is 50.4. The maximum Gasteiger partial charge on any atom is 0.294 e. The molecule has 33 heavy (non-hydrogen) atoms. The van der Waals surface area contributed by atoms with Crippen molar-refractivity contribution in [1.29, 1.82) is 0 Å². The lowest BCUT2D eigenvalue weighted by Crippen LogP contribution is -2.36. The maximum atomic E-state index is 13.7. The van der Waals surface area contributed by atoms with Gasteiger partial charge in [-0.15, -0.1) is 0 Å². The molecule has 12 heteroatoms. The second kappa shape index (κ2) is 8.97. The van der Waals surface area contributed by atoms with Gasteiger partial charge in [0.2, 0.25) is 5.91 Å². The fourth-order valence-electron chi connectivity index (χ4n) is 2.98. The molecule has 3 aromatic rings. The fourth-order valence-corrected chi connectivity index (χ4v) is 4.35. The Bertz CT molecular complexity index is 1440. The fraction of sp³-hybridized carbons (Fsp3) is 0.0476. The third-order valence-electron chi connectivity index (χ3n) is 4.49. The predicted molar refractivity (Wildman–Crippen MR) is 120 cm³/mol. The maximum absolute atomic E-state index is 13.7. The number of hydrogen-bond acceptors (Lipinski definition) is 6. The van der Waals surface area contributed by atoms with E-state index in [4.69, 9.17) is 27.6 Å². The number of hydrogen-bond donors (Lipinski definition) is 1. The monoisotopic (exact) mass is 510 g/mol. The number of fused-ring (bicyclic) bond motifs is 1. The van der Waals surface area contributed by atoms with Gasteiger partial charge in [0, 0.05) is 11.1 Å². The Balaban J connectivity index is 1.56. The molecule has 2 aromatic carbocycles. The number of nitrogens with zero attached hydrogens (tertiary/aromatic N) is 1. The van der Waals surface area contributed by atoms with Crippen LogP contribution in [-0.2, 0) is 9.59 Å². The Kier molecular flexibility index (Phi) is 6.24. The summed E-state index contributed by atoms with van der Waals surface area (Å²) < 4.78 is 32.1. The Morgan fingerprint density at radius 1 is 1.15 bits per heavy atom. The molecule has 0 unspecified atom stereocenters. The van der Waals surface area contributed by atoms with Crippen molar-refractivity contribution in [3.63, 3.8) is 0 Å². The van der Waals surface area contributed by atoms with Crippen LogP contribution in [-0.4, -0.2) is 28.5 Å². The third kappa shape index (κ3) is 4.63. The Morgan fingerprint density at radius 3 is 2.64 bits per heavy atom.